The molecule has 0 spiro atoms. The minimum Gasteiger partial charge on any atom is -0.303 e. The lowest BCUT2D eigenvalue weighted by molar-refractivity contribution is 0.249. The van der Waals surface area contributed by atoms with Crippen molar-refractivity contribution in [2.24, 2.45) is 5.41 Å². The molecule has 100 valence electrons. The summed E-state index contributed by atoms with van der Waals surface area (Å²) in [5.74, 6) is 0. The van der Waals surface area contributed by atoms with Gasteiger partial charge in [0.2, 0.25) is 0 Å². The summed E-state index contributed by atoms with van der Waals surface area (Å²) in [6.45, 7) is 12.2. The van der Waals surface area contributed by atoms with Crippen LogP contribution in [-0.4, -0.2) is 24.5 Å². The van der Waals surface area contributed by atoms with Crippen LogP contribution in [0.15, 0.2) is 0 Å². The van der Waals surface area contributed by atoms with Crippen molar-refractivity contribution in [3.8, 4) is 6.07 Å². The Hall–Kier alpha value is -0.550. The van der Waals surface area contributed by atoms with Crippen molar-refractivity contribution < 1.29 is 0 Å². The first kappa shape index (κ1) is 16.4. The van der Waals surface area contributed by atoms with Crippen LogP contribution in [0.2, 0.25) is 0 Å². The van der Waals surface area contributed by atoms with E-state index in [1.807, 2.05) is 13.8 Å². The predicted octanol–water partition coefficient (Wildman–Crippen LogP) is 4.22. The molecule has 0 N–H and O–H groups in total. The maximum absolute atomic E-state index is 8.98. The number of nitrogens with zero attached hydrogens (tertiary/aromatic N) is 2. The summed E-state index contributed by atoms with van der Waals surface area (Å²) in [7, 11) is 0. The van der Waals surface area contributed by atoms with Crippen LogP contribution in [0.25, 0.3) is 0 Å². The number of hydrogen-bond donors (Lipinski definition) is 0. The van der Waals surface area contributed by atoms with Gasteiger partial charge in [-0.25, -0.2) is 0 Å². The van der Waals surface area contributed by atoms with Crippen LogP contribution < -0.4 is 0 Å². The Morgan fingerprint density at radius 3 is 1.82 bits per heavy atom. The molecule has 0 aromatic rings. The quantitative estimate of drug-likeness (QED) is 0.570. The van der Waals surface area contributed by atoms with Crippen molar-refractivity contribution in [2.75, 3.05) is 19.6 Å². The Balaban J connectivity index is 3.86. The average molecular weight is 238 g/mol. The second kappa shape index (κ2) is 9.48. The van der Waals surface area contributed by atoms with Gasteiger partial charge in [-0.1, -0.05) is 26.7 Å². The van der Waals surface area contributed by atoms with Gasteiger partial charge in [0, 0.05) is 0 Å². The number of nitriles is 1. The van der Waals surface area contributed by atoms with E-state index >= 15 is 0 Å². The number of unbranched alkanes of at least 4 members (excludes halogenated alkanes) is 2. The highest BCUT2D eigenvalue weighted by Gasteiger charge is 2.16. The second-order valence-corrected chi connectivity index (χ2v) is 5.65. The molecular weight excluding hydrogens is 208 g/mol. The van der Waals surface area contributed by atoms with Gasteiger partial charge in [0.15, 0.2) is 0 Å². The van der Waals surface area contributed by atoms with Crippen LogP contribution >= 0.6 is 0 Å². The van der Waals surface area contributed by atoms with Gasteiger partial charge in [-0.05, 0) is 59.2 Å². The molecule has 0 bridgehead atoms. The molecule has 0 rings (SSSR count). The van der Waals surface area contributed by atoms with Crippen molar-refractivity contribution in [3.63, 3.8) is 0 Å². The molecule has 0 aromatic heterocycles. The molecule has 0 aromatic carbocycles. The van der Waals surface area contributed by atoms with E-state index in [1.165, 1.54) is 38.8 Å². The highest BCUT2D eigenvalue weighted by molar-refractivity contribution is 4.91. The lowest BCUT2D eigenvalue weighted by Gasteiger charge is -2.23. The third kappa shape index (κ3) is 9.18. The molecule has 2 nitrogen and oxygen atoms in total. The van der Waals surface area contributed by atoms with E-state index in [0.717, 1.165) is 19.4 Å². The highest BCUT2D eigenvalue weighted by Crippen LogP contribution is 2.20. The molecule has 0 heterocycles. The summed E-state index contributed by atoms with van der Waals surface area (Å²) in [5.41, 5.74) is -0.152. The fraction of sp³-hybridized carbons (Fsp3) is 0.933. The van der Waals surface area contributed by atoms with Crippen molar-refractivity contribution in [3.05, 3.63) is 0 Å². The van der Waals surface area contributed by atoms with Gasteiger partial charge < -0.3 is 4.90 Å². The van der Waals surface area contributed by atoms with Gasteiger partial charge in [-0.15, -0.1) is 0 Å². The van der Waals surface area contributed by atoms with Gasteiger partial charge in [0.25, 0.3) is 0 Å². The van der Waals surface area contributed by atoms with Gasteiger partial charge >= 0.3 is 0 Å². The zero-order valence-corrected chi connectivity index (χ0v) is 12.3. The molecular formula is C15H30N2. The number of hydrogen-bond acceptors (Lipinski definition) is 2. The van der Waals surface area contributed by atoms with Gasteiger partial charge in [-0.3, -0.25) is 0 Å². The Morgan fingerprint density at radius 1 is 0.941 bits per heavy atom. The molecule has 0 fully saturated rings. The molecule has 0 amide bonds. The molecule has 17 heavy (non-hydrogen) atoms. The summed E-state index contributed by atoms with van der Waals surface area (Å²) in [6.07, 6.45) is 7.29. The van der Waals surface area contributed by atoms with Gasteiger partial charge in [-0.2, -0.15) is 5.26 Å². The maximum Gasteiger partial charge on any atom is 0.0683 e. The average Bonchev–Trinajstić information content (AvgIpc) is 2.31. The van der Waals surface area contributed by atoms with E-state index in [1.54, 1.807) is 0 Å². The van der Waals surface area contributed by atoms with E-state index < -0.39 is 0 Å². The monoisotopic (exact) mass is 238 g/mol. The smallest absolute Gasteiger partial charge is 0.0683 e. The van der Waals surface area contributed by atoms with Crippen LogP contribution in [0.1, 0.15) is 66.2 Å². The van der Waals surface area contributed by atoms with Crippen molar-refractivity contribution in [2.45, 2.75) is 66.2 Å². The van der Waals surface area contributed by atoms with E-state index in [2.05, 4.69) is 24.8 Å². The highest BCUT2D eigenvalue weighted by atomic mass is 15.1. The maximum atomic E-state index is 8.98. The van der Waals surface area contributed by atoms with Crippen LogP contribution in [-0.2, 0) is 0 Å². The largest absolute Gasteiger partial charge is 0.303 e. The third-order valence-corrected chi connectivity index (χ3v) is 3.23. The first-order valence-corrected chi connectivity index (χ1v) is 7.19. The van der Waals surface area contributed by atoms with Crippen LogP contribution in [0.4, 0.5) is 0 Å². The third-order valence-electron chi connectivity index (χ3n) is 3.23. The molecule has 0 saturated carbocycles. The molecule has 0 aliphatic carbocycles. The minimum absolute atomic E-state index is 0.152. The summed E-state index contributed by atoms with van der Waals surface area (Å²) < 4.78 is 0. The Bertz CT molecular complexity index is 207. The molecule has 0 radical (unpaired) electrons. The van der Waals surface area contributed by atoms with Gasteiger partial charge in [0.05, 0.1) is 11.5 Å². The van der Waals surface area contributed by atoms with Crippen LogP contribution in [0, 0.1) is 16.7 Å². The predicted molar refractivity (Wildman–Crippen MR) is 74.9 cm³/mol. The zero-order valence-electron chi connectivity index (χ0n) is 12.3. The standard InChI is InChI=1S/C15H30N2/c1-5-7-11-17(12-8-6-2)13-9-10-15(3,4)14-16/h5-13H2,1-4H3. The molecule has 2 heteroatoms. The fourth-order valence-corrected chi connectivity index (χ4v) is 1.90. The van der Waals surface area contributed by atoms with E-state index in [-0.39, 0.29) is 5.41 Å². The lowest BCUT2D eigenvalue weighted by atomic mass is 9.90. The summed E-state index contributed by atoms with van der Waals surface area (Å²) >= 11 is 0. The molecule has 0 saturated heterocycles. The fourth-order valence-electron chi connectivity index (χ4n) is 1.90. The molecule has 0 aliphatic rings. The SMILES string of the molecule is CCCCN(CCCC)CCCC(C)(C)C#N. The Kier molecular flexibility index (Phi) is 9.17. The van der Waals surface area contributed by atoms with E-state index in [0.29, 0.717) is 0 Å². The van der Waals surface area contributed by atoms with Crippen LogP contribution in [0.5, 0.6) is 0 Å². The van der Waals surface area contributed by atoms with E-state index in [4.69, 9.17) is 5.26 Å². The topological polar surface area (TPSA) is 27.0 Å². The molecule has 0 atom stereocenters. The first-order chi connectivity index (χ1) is 8.05. The van der Waals surface area contributed by atoms with Crippen molar-refractivity contribution in [1.82, 2.24) is 4.90 Å². The van der Waals surface area contributed by atoms with Crippen molar-refractivity contribution >= 4 is 0 Å². The molecule has 0 unspecified atom stereocenters. The Labute approximate surface area is 108 Å². The number of rotatable bonds is 10. The van der Waals surface area contributed by atoms with E-state index in [9.17, 15) is 0 Å². The lowest BCUT2D eigenvalue weighted by Crippen LogP contribution is -2.28. The summed E-state index contributed by atoms with van der Waals surface area (Å²) in [6, 6.07) is 2.38. The zero-order chi connectivity index (χ0) is 13.1. The molecule has 0 aliphatic heterocycles. The second-order valence-electron chi connectivity index (χ2n) is 5.65. The summed E-state index contributed by atoms with van der Waals surface area (Å²) in [4.78, 5) is 2.57. The first-order valence-electron chi connectivity index (χ1n) is 7.19. The van der Waals surface area contributed by atoms with Gasteiger partial charge in [0.1, 0.15) is 0 Å². The summed E-state index contributed by atoms with van der Waals surface area (Å²) in [5, 5.41) is 8.98. The normalized spacial score (nSPS) is 11.8. The van der Waals surface area contributed by atoms with Crippen LogP contribution in [0.3, 0.4) is 0 Å². The minimum atomic E-state index is -0.152. The van der Waals surface area contributed by atoms with Crippen molar-refractivity contribution in [1.29, 1.82) is 5.26 Å². The Morgan fingerprint density at radius 2 is 1.41 bits per heavy atom.